The van der Waals surface area contributed by atoms with Gasteiger partial charge in [0, 0.05) is 44.0 Å². The normalized spacial score (nSPS) is 16.7. The van der Waals surface area contributed by atoms with Crippen molar-refractivity contribution in [2.45, 2.75) is 13.5 Å². The average Bonchev–Trinajstić information content (AvgIpc) is 2.40. The third-order valence-corrected chi connectivity index (χ3v) is 3.60. The highest BCUT2D eigenvalue weighted by Gasteiger charge is 2.24. The van der Waals surface area contributed by atoms with Crippen molar-refractivity contribution in [3.05, 3.63) is 23.3 Å². The van der Waals surface area contributed by atoms with Crippen LogP contribution in [0.1, 0.15) is 12.5 Å². The van der Waals surface area contributed by atoms with Gasteiger partial charge in [-0.05, 0) is 20.0 Å². The third-order valence-electron chi connectivity index (χ3n) is 3.60. The zero-order valence-electron chi connectivity index (χ0n) is 12.0. The van der Waals surface area contributed by atoms with Crippen LogP contribution >= 0.6 is 0 Å². The number of nitrogens with two attached hydrogens (primary N) is 1. The van der Waals surface area contributed by atoms with Crippen LogP contribution in [0.15, 0.2) is 6.07 Å². The molecule has 2 N–H and O–H groups in total. The fraction of sp³-hybridized carbons (Fsp3) is 0.571. The molecule has 1 aromatic rings. The van der Waals surface area contributed by atoms with Crippen LogP contribution in [0.3, 0.4) is 0 Å². The van der Waals surface area contributed by atoms with Crippen molar-refractivity contribution in [1.82, 2.24) is 4.90 Å². The van der Waals surface area contributed by atoms with Crippen LogP contribution in [0.4, 0.5) is 20.2 Å². The lowest BCUT2D eigenvalue weighted by Crippen LogP contribution is -2.45. The molecular weight excluding hydrogens is 264 g/mol. The zero-order chi connectivity index (χ0) is 14.7. The highest BCUT2D eigenvalue weighted by Crippen LogP contribution is 2.31. The van der Waals surface area contributed by atoms with E-state index in [-0.39, 0.29) is 23.5 Å². The van der Waals surface area contributed by atoms with Gasteiger partial charge in [-0.3, -0.25) is 0 Å². The maximum Gasteiger partial charge on any atom is 0.157 e. The van der Waals surface area contributed by atoms with E-state index in [0.717, 1.165) is 13.1 Å². The Kier molecular flexibility index (Phi) is 4.77. The molecule has 1 heterocycles. The van der Waals surface area contributed by atoms with E-state index in [1.807, 2.05) is 14.0 Å². The Hall–Kier alpha value is -1.40. The monoisotopic (exact) mass is 285 g/mol. The summed E-state index contributed by atoms with van der Waals surface area (Å²) in [6, 6.07) is 1.19. The predicted molar refractivity (Wildman–Crippen MR) is 75.8 cm³/mol. The first-order valence-corrected chi connectivity index (χ1v) is 6.82. The number of piperazine rings is 1. The molecule has 0 unspecified atom stereocenters. The first kappa shape index (κ1) is 15.0. The quantitative estimate of drug-likeness (QED) is 0.857. The molecule has 2 rings (SSSR count). The summed E-state index contributed by atoms with van der Waals surface area (Å²) in [6.07, 6.45) is 0. The average molecular weight is 285 g/mol. The smallest absolute Gasteiger partial charge is 0.157 e. The number of nitrogen functional groups attached to an aromatic ring is 1. The Bertz CT molecular complexity index is 474. The van der Waals surface area contributed by atoms with Crippen molar-refractivity contribution >= 4 is 11.4 Å². The zero-order valence-corrected chi connectivity index (χ0v) is 12.0. The molecule has 1 aromatic carbocycles. The summed E-state index contributed by atoms with van der Waals surface area (Å²) in [4.78, 5) is 3.87. The van der Waals surface area contributed by atoms with Crippen molar-refractivity contribution in [3.8, 4) is 0 Å². The number of anilines is 2. The molecular formula is C14H21F2N3O. The second-order valence-corrected chi connectivity index (χ2v) is 5.02. The fourth-order valence-electron chi connectivity index (χ4n) is 2.34. The number of halogens is 2. The summed E-state index contributed by atoms with van der Waals surface area (Å²) in [5, 5.41) is 0. The molecule has 112 valence electrons. The Morgan fingerprint density at radius 3 is 2.50 bits per heavy atom. The van der Waals surface area contributed by atoms with Crippen LogP contribution in [0, 0.1) is 11.6 Å². The third kappa shape index (κ3) is 3.02. The number of likely N-dealkylation sites (N-methyl/N-ethyl adjacent to an activating group) is 1. The minimum Gasteiger partial charge on any atom is -0.398 e. The number of hydrogen-bond acceptors (Lipinski definition) is 4. The Morgan fingerprint density at radius 2 is 1.90 bits per heavy atom. The van der Waals surface area contributed by atoms with Gasteiger partial charge in [-0.15, -0.1) is 0 Å². The van der Waals surface area contributed by atoms with Gasteiger partial charge in [0.05, 0.1) is 6.61 Å². The molecule has 6 heteroatoms. The van der Waals surface area contributed by atoms with Gasteiger partial charge in [-0.1, -0.05) is 0 Å². The maximum absolute atomic E-state index is 14.5. The van der Waals surface area contributed by atoms with Gasteiger partial charge in [0.2, 0.25) is 0 Å². The molecule has 4 nitrogen and oxygen atoms in total. The van der Waals surface area contributed by atoms with Crippen LogP contribution < -0.4 is 10.6 Å². The summed E-state index contributed by atoms with van der Waals surface area (Å²) in [5.41, 5.74) is 6.05. The number of rotatable bonds is 4. The topological polar surface area (TPSA) is 41.7 Å². The molecule has 0 atom stereocenters. The highest BCUT2D eigenvalue weighted by atomic mass is 19.1. The molecule has 0 saturated carbocycles. The van der Waals surface area contributed by atoms with Crippen molar-refractivity contribution in [2.24, 2.45) is 0 Å². The predicted octanol–water partition coefficient (Wildman–Crippen LogP) is 1.84. The standard InChI is InChI=1S/C14H21F2N3O/c1-3-20-9-10-12(17)8-11(15)14(13(10)16)19-6-4-18(2)5-7-19/h8H,3-7,9,17H2,1-2H3. The molecule has 1 aliphatic heterocycles. The summed E-state index contributed by atoms with van der Waals surface area (Å²) in [7, 11) is 1.99. The van der Waals surface area contributed by atoms with Gasteiger partial charge < -0.3 is 20.3 Å². The first-order chi connectivity index (χ1) is 9.54. The molecule has 0 spiro atoms. The number of ether oxygens (including phenoxy) is 1. The summed E-state index contributed by atoms with van der Waals surface area (Å²) in [6.45, 7) is 5.10. The van der Waals surface area contributed by atoms with Crippen molar-refractivity contribution in [2.75, 3.05) is 50.5 Å². The van der Waals surface area contributed by atoms with E-state index >= 15 is 0 Å². The van der Waals surface area contributed by atoms with Gasteiger partial charge in [0.25, 0.3) is 0 Å². The molecule has 0 radical (unpaired) electrons. The molecule has 20 heavy (non-hydrogen) atoms. The van der Waals surface area contributed by atoms with E-state index in [1.165, 1.54) is 6.07 Å². The van der Waals surface area contributed by atoms with Gasteiger partial charge >= 0.3 is 0 Å². The minimum absolute atomic E-state index is 0.0157. The molecule has 0 aromatic heterocycles. The molecule has 0 aliphatic carbocycles. The van der Waals surface area contributed by atoms with Crippen LogP contribution in [0.2, 0.25) is 0 Å². The molecule has 1 saturated heterocycles. The first-order valence-electron chi connectivity index (χ1n) is 6.82. The van der Waals surface area contributed by atoms with Gasteiger partial charge in [0.1, 0.15) is 5.69 Å². The number of benzene rings is 1. The SMILES string of the molecule is CCOCc1c(N)cc(F)c(N2CCN(C)CC2)c1F. The van der Waals surface area contributed by atoms with Crippen molar-refractivity contribution in [1.29, 1.82) is 0 Å². The van der Waals surface area contributed by atoms with E-state index in [1.54, 1.807) is 4.90 Å². The molecule has 0 amide bonds. The lowest BCUT2D eigenvalue weighted by molar-refractivity contribution is 0.132. The van der Waals surface area contributed by atoms with E-state index in [2.05, 4.69) is 4.90 Å². The Labute approximate surface area is 118 Å². The summed E-state index contributed by atoms with van der Waals surface area (Å²) < 4.78 is 33.8. The lowest BCUT2D eigenvalue weighted by Gasteiger charge is -2.34. The van der Waals surface area contributed by atoms with E-state index < -0.39 is 11.6 Å². The van der Waals surface area contributed by atoms with Gasteiger partial charge in [-0.25, -0.2) is 8.78 Å². The van der Waals surface area contributed by atoms with Crippen LogP contribution in [0.25, 0.3) is 0 Å². The number of hydrogen-bond donors (Lipinski definition) is 1. The van der Waals surface area contributed by atoms with Gasteiger partial charge in [-0.2, -0.15) is 0 Å². The minimum atomic E-state index is -0.607. The Morgan fingerprint density at radius 1 is 1.25 bits per heavy atom. The van der Waals surface area contributed by atoms with Crippen molar-refractivity contribution in [3.63, 3.8) is 0 Å². The van der Waals surface area contributed by atoms with Crippen LogP contribution in [-0.2, 0) is 11.3 Å². The van der Waals surface area contributed by atoms with Crippen molar-refractivity contribution < 1.29 is 13.5 Å². The highest BCUT2D eigenvalue weighted by molar-refractivity contribution is 5.61. The molecule has 0 bridgehead atoms. The van der Waals surface area contributed by atoms with Crippen LogP contribution in [0.5, 0.6) is 0 Å². The largest absolute Gasteiger partial charge is 0.398 e. The second-order valence-electron chi connectivity index (χ2n) is 5.02. The van der Waals surface area contributed by atoms with E-state index in [0.29, 0.717) is 19.7 Å². The lowest BCUT2D eigenvalue weighted by atomic mass is 10.1. The Balaban J connectivity index is 2.32. The number of nitrogens with zero attached hydrogens (tertiary/aromatic N) is 2. The van der Waals surface area contributed by atoms with Gasteiger partial charge in [0.15, 0.2) is 11.6 Å². The van der Waals surface area contributed by atoms with E-state index in [4.69, 9.17) is 10.5 Å². The summed E-state index contributed by atoms with van der Waals surface area (Å²) >= 11 is 0. The molecule has 1 aliphatic rings. The second kappa shape index (κ2) is 6.37. The molecule has 1 fully saturated rings. The fourth-order valence-corrected chi connectivity index (χ4v) is 2.34. The maximum atomic E-state index is 14.5. The van der Waals surface area contributed by atoms with E-state index in [9.17, 15) is 8.78 Å². The summed E-state index contributed by atoms with van der Waals surface area (Å²) in [5.74, 6) is -1.20. The van der Waals surface area contributed by atoms with Crippen LogP contribution in [-0.4, -0.2) is 44.7 Å².